The maximum absolute atomic E-state index is 13.6. The highest BCUT2D eigenvalue weighted by Gasteiger charge is 2.38. The molecule has 1 aliphatic carbocycles. The molecule has 1 saturated carbocycles. The van der Waals surface area contributed by atoms with Crippen LogP contribution in [-0.4, -0.2) is 15.8 Å². The molecule has 4 heteroatoms. The quantitative estimate of drug-likeness (QED) is 0.798. The Labute approximate surface area is 105 Å². The summed E-state index contributed by atoms with van der Waals surface area (Å²) in [6.07, 6.45) is 3.07. The van der Waals surface area contributed by atoms with Crippen molar-refractivity contribution in [2.45, 2.75) is 50.2 Å². The zero-order valence-corrected chi connectivity index (χ0v) is 10.2. The first-order chi connectivity index (χ1) is 8.54. The van der Waals surface area contributed by atoms with Gasteiger partial charge in [-0.05, 0) is 18.9 Å². The summed E-state index contributed by atoms with van der Waals surface area (Å²) in [4.78, 5) is 0. The molecule has 0 saturated heterocycles. The topological polar surface area (TPSA) is 40.5 Å². The summed E-state index contributed by atoms with van der Waals surface area (Å²) in [7, 11) is 0. The van der Waals surface area contributed by atoms with E-state index in [0.29, 0.717) is 12.8 Å². The van der Waals surface area contributed by atoms with Crippen LogP contribution in [0.3, 0.4) is 0 Å². The van der Waals surface area contributed by atoms with E-state index in [9.17, 15) is 19.0 Å². The van der Waals surface area contributed by atoms with E-state index in [1.165, 1.54) is 12.1 Å². The van der Waals surface area contributed by atoms with Crippen molar-refractivity contribution in [3.05, 3.63) is 35.4 Å². The molecule has 0 aliphatic heterocycles. The number of aliphatic hydroxyl groups excluding tert-OH is 1. The van der Waals surface area contributed by atoms with Crippen molar-refractivity contribution in [2.75, 3.05) is 0 Å². The van der Waals surface area contributed by atoms with Gasteiger partial charge >= 0.3 is 0 Å². The van der Waals surface area contributed by atoms with Gasteiger partial charge in [-0.1, -0.05) is 37.8 Å². The predicted molar refractivity (Wildman–Crippen MR) is 64.0 cm³/mol. The smallest absolute Gasteiger partial charge is 0.164 e. The minimum Gasteiger partial charge on any atom is -0.387 e. The van der Waals surface area contributed by atoms with Gasteiger partial charge in [0.2, 0.25) is 0 Å². The van der Waals surface area contributed by atoms with E-state index in [0.717, 1.165) is 31.7 Å². The number of hydrogen-bond donors (Lipinski definition) is 2. The van der Waals surface area contributed by atoms with Crippen LogP contribution in [0, 0.1) is 11.6 Å². The highest BCUT2D eigenvalue weighted by Crippen LogP contribution is 2.38. The minimum atomic E-state index is -1.37. The first-order valence-electron chi connectivity index (χ1n) is 6.39. The third-order valence-electron chi connectivity index (χ3n) is 3.75. The van der Waals surface area contributed by atoms with E-state index in [-0.39, 0.29) is 5.56 Å². The predicted octanol–water partition coefficient (Wildman–Crippen LogP) is 3.08. The van der Waals surface area contributed by atoms with Crippen molar-refractivity contribution >= 4 is 0 Å². The second kappa shape index (κ2) is 5.33. The molecule has 0 radical (unpaired) electrons. The Bertz CT molecular complexity index is 412. The van der Waals surface area contributed by atoms with Crippen LogP contribution in [0.25, 0.3) is 0 Å². The summed E-state index contributed by atoms with van der Waals surface area (Å²) in [5.74, 6) is -2.06. The molecule has 1 aliphatic rings. The van der Waals surface area contributed by atoms with E-state index in [1.54, 1.807) is 0 Å². The molecular weight excluding hydrogens is 238 g/mol. The molecule has 18 heavy (non-hydrogen) atoms. The van der Waals surface area contributed by atoms with E-state index >= 15 is 0 Å². The maximum Gasteiger partial charge on any atom is 0.164 e. The van der Waals surface area contributed by atoms with Gasteiger partial charge in [-0.25, -0.2) is 8.78 Å². The molecule has 2 nitrogen and oxygen atoms in total. The average molecular weight is 256 g/mol. The Kier molecular flexibility index (Phi) is 3.97. The number of aliphatic hydroxyl groups is 2. The van der Waals surface area contributed by atoms with Gasteiger partial charge in [0, 0.05) is 5.56 Å². The molecule has 1 aromatic carbocycles. The molecule has 1 aromatic rings. The monoisotopic (exact) mass is 256 g/mol. The fraction of sp³-hybridized carbons (Fsp3) is 0.571. The van der Waals surface area contributed by atoms with Gasteiger partial charge in [-0.15, -0.1) is 0 Å². The van der Waals surface area contributed by atoms with Gasteiger partial charge in [0.1, 0.15) is 6.10 Å². The highest BCUT2D eigenvalue weighted by molar-refractivity contribution is 5.23. The molecule has 1 atom stereocenters. The molecular formula is C14H18F2O2. The van der Waals surface area contributed by atoms with E-state index in [1.807, 2.05) is 0 Å². The summed E-state index contributed by atoms with van der Waals surface area (Å²) >= 11 is 0. The zero-order chi connectivity index (χ0) is 13.2. The maximum atomic E-state index is 13.6. The van der Waals surface area contributed by atoms with E-state index < -0.39 is 23.3 Å². The van der Waals surface area contributed by atoms with Crippen LogP contribution in [0.15, 0.2) is 18.2 Å². The molecule has 2 rings (SSSR count). The van der Waals surface area contributed by atoms with Gasteiger partial charge in [0.05, 0.1) is 5.60 Å². The van der Waals surface area contributed by atoms with Crippen molar-refractivity contribution < 1.29 is 19.0 Å². The first-order valence-corrected chi connectivity index (χ1v) is 6.39. The number of hydrogen-bond acceptors (Lipinski definition) is 2. The standard InChI is InChI=1S/C14H18F2O2/c15-11-7-5-6-10(12(11)16)13(17)14(18)8-3-1-2-4-9-14/h5-7,13,17-18H,1-4,8-9H2. The van der Waals surface area contributed by atoms with Crippen LogP contribution in [0.5, 0.6) is 0 Å². The zero-order valence-electron chi connectivity index (χ0n) is 10.2. The Morgan fingerprint density at radius 3 is 2.28 bits per heavy atom. The average Bonchev–Trinajstić information content (AvgIpc) is 2.58. The van der Waals surface area contributed by atoms with E-state index in [4.69, 9.17) is 0 Å². The molecule has 0 spiro atoms. The second-order valence-corrected chi connectivity index (χ2v) is 5.06. The van der Waals surface area contributed by atoms with Gasteiger partial charge in [0.15, 0.2) is 11.6 Å². The summed E-state index contributed by atoms with van der Waals surface area (Å²) in [5.41, 5.74) is -1.50. The van der Waals surface area contributed by atoms with Gasteiger partial charge < -0.3 is 10.2 Å². The van der Waals surface area contributed by atoms with Crippen molar-refractivity contribution in [3.63, 3.8) is 0 Å². The first kappa shape index (κ1) is 13.4. The van der Waals surface area contributed by atoms with Gasteiger partial charge in [0.25, 0.3) is 0 Å². The third kappa shape index (κ3) is 2.54. The largest absolute Gasteiger partial charge is 0.387 e. The van der Waals surface area contributed by atoms with Crippen LogP contribution in [0.1, 0.15) is 50.2 Å². The molecule has 0 amide bonds. The fourth-order valence-corrected chi connectivity index (χ4v) is 2.64. The Morgan fingerprint density at radius 2 is 1.67 bits per heavy atom. The molecule has 2 N–H and O–H groups in total. The Balaban J connectivity index is 2.28. The fourth-order valence-electron chi connectivity index (χ4n) is 2.64. The molecule has 0 aromatic heterocycles. The lowest BCUT2D eigenvalue weighted by Crippen LogP contribution is -2.36. The summed E-state index contributed by atoms with van der Waals surface area (Å²) in [6, 6.07) is 3.67. The van der Waals surface area contributed by atoms with Crippen LogP contribution in [0.2, 0.25) is 0 Å². The van der Waals surface area contributed by atoms with Crippen LogP contribution < -0.4 is 0 Å². The summed E-state index contributed by atoms with van der Waals surface area (Å²) in [6.45, 7) is 0. The number of benzene rings is 1. The third-order valence-corrected chi connectivity index (χ3v) is 3.75. The van der Waals surface area contributed by atoms with E-state index in [2.05, 4.69) is 0 Å². The second-order valence-electron chi connectivity index (χ2n) is 5.06. The minimum absolute atomic E-state index is 0.153. The highest BCUT2D eigenvalue weighted by atomic mass is 19.2. The number of rotatable bonds is 2. The molecule has 0 bridgehead atoms. The van der Waals surface area contributed by atoms with Crippen LogP contribution in [0.4, 0.5) is 8.78 Å². The number of halogens is 2. The molecule has 1 unspecified atom stereocenters. The van der Waals surface area contributed by atoms with Crippen molar-refractivity contribution in [3.8, 4) is 0 Å². The van der Waals surface area contributed by atoms with Crippen LogP contribution in [-0.2, 0) is 0 Å². The van der Waals surface area contributed by atoms with Gasteiger partial charge in [-0.2, -0.15) is 0 Å². The Morgan fingerprint density at radius 1 is 1.06 bits per heavy atom. The van der Waals surface area contributed by atoms with Gasteiger partial charge in [-0.3, -0.25) is 0 Å². The van der Waals surface area contributed by atoms with Crippen molar-refractivity contribution in [2.24, 2.45) is 0 Å². The Hall–Kier alpha value is -1.00. The van der Waals surface area contributed by atoms with Crippen LogP contribution >= 0.6 is 0 Å². The van der Waals surface area contributed by atoms with Crippen molar-refractivity contribution in [1.82, 2.24) is 0 Å². The lowest BCUT2D eigenvalue weighted by atomic mass is 9.84. The summed E-state index contributed by atoms with van der Waals surface area (Å²) in [5, 5.41) is 20.6. The SMILES string of the molecule is OC(c1cccc(F)c1F)C1(O)CCCCCC1. The lowest BCUT2D eigenvalue weighted by Gasteiger charge is -2.32. The molecule has 1 fully saturated rings. The molecule has 0 heterocycles. The summed E-state index contributed by atoms with van der Waals surface area (Å²) < 4.78 is 26.8. The lowest BCUT2D eigenvalue weighted by molar-refractivity contribution is -0.0882. The van der Waals surface area contributed by atoms with Crippen molar-refractivity contribution in [1.29, 1.82) is 0 Å². The molecule has 100 valence electrons. The normalized spacial score (nSPS) is 21.3.